The molecule has 0 fully saturated rings. The molecular weight excluding hydrogens is 827 g/mol. The van der Waals surface area contributed by atoms with E-state index in [9.17, 15) is 0 Å². The number of anilines is 3. The Morgan fingerprint density at radius 3 is 1.21 bits per heavy atom. The third-order valence-corrected chi connectivity index (χ3v) is 16.0. The second kappa shape index (κ2) is 13.4. The topological polar surface area (TPSA) is 21.7 Å². The van der Waals surface area contributed by atoms with Crippen molar-refractivity contribution in [3.05, 3.63) is 280 Å². The van der Waals surface area contributed by atoms with E-state index in [-0.39, 0.29) is 5.41 Å². The number of hydrogen-bond acceptors (Lipinski definition) is 3. The molecule has 0 atom stereocenters. The molecule has 320 valence electrons. The van der Waals surface area contributed by atoms with E-state index in [1.165, 1.54) is 66.8 Å². The number of hydrogen-bond donors (Lipinski definition) is 0. The predicted molar refractivity (Wildman–Crippen MR) is 273 cm³/mol. The van der Waals surface area contributed by atoms with Gasteiger partial charge >= 0.3 is 0 Å². The minimum absolute atomic E-state index is 0.207. The number of benzene rings is 10. The predicted octanol–water partition coefficient (Wildman–Crippen LogP) is 16.4. The highest BCUT2D eigenvalue weighted by Crippen LogP contribution is 2.66. The third-order valence-electron chi connectivity index (χ3n) is 16.0. The van der Waals surface area contributed by atoms with Gasteiger partial charge in [0.05, 0.1) is 16.5 Å². The first-order valence-corrected chi connectivity index (χ1v) is 23.7. The zero-order chi connectivity index (χ0) is 44.9. The lowest BCUT2D eigenvalue weighted by atomic mass is 9.65. The fourth-order valence-corrected chi connectivity index (χ4v) is 13.3. The van der Waals surface area contributed by atoms with Crippen molar-refractivity contribution in [1.29, 1.82) is 0 Å². The summed E-state index contributed by atoms with van der Waals surface area (Å²) in [6.45, 7) is 4.76. The Bertz CT molecular complexity index is 3730. The van der Waals surface area contributed by atoms with Crippen molar-refractivity contribution in [2.75, 3.05) is 4.90 Å². The average Bonchev–Trinajstić information content (AvgIpc) is 3.94. The first-order chi connectivity index (χ1) is 33.5. The molecular formula is C65H43NO2. The molecule has 0 bridgehead atoms. The number of nitrogens with zero attached hydrogens (tertiary/aromatic N) is 1. The molecule has 3 aliphatic carbocycles. The van der Waals surface area contributed by atoms with Gasteiger partial charge in [-0.15, -0.1) is 0 Å². The van der Waals surface area contributed by atoms with Crippen molar-refractivity contribution in [2.24, 2.45) is 0 Å². The van der Waals surface area contributed by atoms with Gasteiger partial charge in [0.15, 0.2) is 0 Å². The molecule has 2 spiro atoms. The highest BCUT2D eigenvalue weighted by atomic mass is 16.5. The van der Waals surface area contributed by atoms with Crippen molar-refractivity contribution in [2.45, 2.75) is 30.1 Å². The van der Waals surface area contributed by atoms with Crippen LogP contribution in [-0.4, -0.2) is 0 Å². The summed E-state index contributed by atoms with van der Waals surface area (Å²) in [6.07, 6.45) is 0. The molecule has 0 saturated heterocycles. The minimum atomic E-state index is -0.689. The van der Waals surface area contributed by atoms with Crippen LogP contribution in [0, 0.1) is 0 Å². The van der Waals surface area contributed by atoms with Gasteiger partial charge in [-0.25, -0.2) is 0 Å². The molecule has 10 aromatic carbocycles. The molecule has 0 aromatic heterocycles. The monoisotopic (exact) mass is 869 g/mol. The van der Waals surface area contributed by atoms with Gasteiger partial charge in [0.25, 0.3) is 0 Å². The zero-order valence-corrected chi connectivity index (χ0v) is 37.6. The Balaban J connectivity index is 1.06. The van der Waals surface area contributed by atoms with Crippen LogP contribution in [0.4, 0.5) is 17.1 Å². The standard InChI is InChI=1S/C65H43NO2/c1-63(2)48-22-6-3-18-42(48)45-36-34-40(38-55(45)63)66(41-35-37-46-43-19-4-7-23-49(43)64(56(46)39-41)51-25-9-13-30-58(51)67-59-31-14-10-26-52(59)64)57-29-17-21-47-44-20-5-8-24-50(44)65(62(47)57)53-27-11-15-32-60(53)68-61-33-16-12-28-54(61)65/h3-39H,1-2H3. The Morgan fingerprint density at radius 2 is 0.662 bits per heavy atom. The van der Waals surface area contributed by atoms with Crippen LogP contribution in [0.3, 0.4) is 0 Å². The van der Waals surface area contributed by atoms with Crippen molar-refractivity contribution >= 4 is 17.1 Å². The lowest BCUT2D eigenvalue weighted by molar-refractivity contribution is 0.436. The van der Waals surface area contributed by atoms with Crippen LogP contribution in [0.15, 0.2) is 224 Å². The summed E-state index contributed by atoms with van der Waals surface area (Å²) in [4.78, 5) is 2.57. The molecule has 0 radical (unpaired) electrons. The van der Waals surface area contributed by atoms with Crippen LogP contribution in [0.1, 0.15) is 69.5 Å². The molecule has 2 heterocycles. The fraction of sp³-hybridized carbons (Fsp3) is 0.0769. The number of rotatable bonds is 3. The van der Waals surface area contributed by atoms with E-state index in [1.807, 2.05) is 0 Å². The van der Waals surface area contributed by atoms with Crippen molar-refractivity contribution in [3.63, 3.8) is 0 Å². The summed E-state index contributed by atoms with van der Waals surface area (Å²) in [5.41, 5.74) is 21.6. The lowest BCUT2D eigenvalue weighted by Crippen LogP contribution is -2.33. The smallest absolute Gasteiger partial charge is 0.132 e. The summed E-state index contributed by atoms with van der Waals surface area (Å²) in [6, 6.07) is 83.0. The maximum Gasteiger partial charge on any atom is 0.132 e. The second-order valence-electron chi connectivity index (χ2n) is 19.4. The number of para-hydroxylation sites is 4. The van der Waals surface area contributed by atoms with Gasteiger partial charge in [0, 0.05) is 44.6 Å². The van der Waals surface area contributed by atoms with Gasteiger partial charge in [-0.05, 0) is 116 Å². The molecule has 68 heavy (non-hydrogen) atoms. The maximum atomic E-state index is 6.85. The van der Waals surface area contributed by atoms with E-state index < -0.39 is 10.8 Å². The summed E-state index contributed by atoms with van der Waals surface area (Å²) >= 11 is 0. The van der Waals surface area contributed by atoms with Crippen molar-refractivity contribution in [1.82, 2.24) is 0 Å². The largest absolute Gasteiger partial charge is 0.457 e. The van der Waals surface area contributed by atoms with Crippen molar-refractivity contribution < 1.29 is 9.47 Å². The maximum absolute atomic E-state index is 6.85. The average molecular weight is 870 g/mol. The molecule has 0 unspecified atom stereocenters. The van der Waals surface area contributed by atoms with Gasteiger partial charge in [-0.3, -0.25) is 0 Å². The first kappa shape index (κ1) is 37.8. The quantitative estimate of drug-likeness (QED) is 0.177. The Labute approximate surface area is 396 Å². The number of fused-ring (bicyclic) bond motifs is 21. The molecule has 15 rings (SSSR count). The molecule has 3 nitrogen and oxygen atoms in total. The summed E-state index contributed by atoms with van der Waals surface area (Å²) in [5, 5.41) is 0. The Morgan fingerprint density at radius 1 is 0.294 bits per heavy atom. The van der Waals surface area contributed by atoms with Crippen LogP contribution < -0.4 is 14.4 Å². The zero-order valence-electron chi connectivity index (χ0n) is 37.6. The van der Waals surface area contributed by atoms with Gasteiger partial charge < -0.3 is 14.4 Å². The van der Waals surface area contributed by atoms with Crippen molar-refractivity contribution in [3.8, 4) is 56.4 Å². The Hall–Kier alpha value is -8.40. The van der Waals surface area contributed by atoms with Crippen LogP contribution in [0.25, 0.3) is 33.4 Å². The van der Waals surface area contributed by atoms with Gasteiger partial charge in [0.2, 0.25) is 0 Å². The highest BCUT2D eigenvalue weighted by Gasteiger charge is 2.54. The van der Waals surface area contributed by atoms with E-state index in [2.05, 4.69) is 243 Å². The minimum Gasteiger partial charge on any atom is -0.457 e. The molecule has 0 amide bonds. The number of ether oxygens (including phenoxy) is 2. The third kappa shape index (κ3) is 4.59. The van der Waals surface area contributed by atoms with Crippen LogP contribution >= 0.6 is 0 Å². The van der Waals surface area contributed by atoms with E-state index in [1.54, 1.807) is 0 Å². The molecule has 10 aromatic rings. The summed E-state index contributed by atoms with van der Waals surface area (Å²) in [5.74, 6) is 3.52. The van der Waals surface area contributed by atoms with Crippen LogP contribution in [0.2, 0.25) is 0 Å². The van der Waals surface area contributed by atoms with E-state index in [0.717, 1.165) is 62.3 Å². The fourth-order valence-electron chi connectivity index (χ4n) is 13.3. The Kier molecular flexibility index (Phi) is 7.43. The second-order valence-corrected chi connectivity index (χ2v) is 19.4. The SMILES string of the molecule is CC1(C)c2ccccc2-c2ccc(N(c3ccc4c(c3)C3(c5ccccc5Oc5ccccc53)c3ccccc3-4)c3cccc4c3C3(c5ccccc5Oc5ccccc53)c3ccccc3-4)cc21. The van der Waals surface area contributed by atoms with Gasteiger partial charge in [0.1, 0.15) is 23.0 Å². The normalized spacial score (nSPS) is 15.5. The van der Waals surface area contributed by atoms with Crippen LogP contribution in [0.5, 0.6) is 23.0 Å². The summed E-state index contributed by atoms with van der Waals surface area (Å²) in [7, 11) is 0. The van der Waals surface area contributed by atoms with E-state index in [4.69, 9.17) is 9.47 Å². The molecule has 2 aliphatic heterocycles. The van der Waals surface area contributed by atoms with Crippen LogP contribution in [-0.2, 0) is 16.2 Å². The van der Waals surface area contributed by atoms with E-state index in [0.29, 0.717) is 0 Å². The highest BCUT2D eigenvalue weighted by molar-refractivity contribution is 5.98. The molecule has 0 N–H and O–H groups in total. The molecule has 5 aliphatic rings. The molecule has 3 heteroatoms. The molecule has 0 saturated carbocycles. The van der Waals surface area contributed by atoms with Gasteiger partial charge in [-0.2, -0.15) is 0 Å². The lowest BCUT2D eigenvalue weighted by Gasteiger charge is -2.42. The first-order valence-electron chi connectivity index (χ1n) is 23.7. The summed E-state index contributed by atoms with van der Waals surface area (Å²) < 4.78 is 13.6. The van der Waals surface area contributed by atoms with E-state index >= 15 is 0 Å². The van der Waals surface area contributed by atoms with Gasteiger partial charge in [-0.1, -0.05) is 184 Å².